The molecule has 0 saturated carbocycles. The van der Waals surface area contributed by atoms with Crippen LogP contribution in [0.1, 0.15) is 20.8 Å². The highest BCUT2D eigenvalue weighted by Gasteiger charge is 2.46. The molecule has 19 heavy (non-hydrogen) atoms. The first-order valence-electron chi connectivity index (χ1n) is 5.80. The van der Waals surface area contributed by atoms with E-state index in [1.54, 1.807) is 20.8 Å². The Balaban J connectivity index is 2.65. The highest BCUT2D eigenvalue weighted by Crippen LogP contribution is 2.25. The van der Waals surface area contributed by atoms with E-state index in [4.69, 9.17) is 4.74 Å². The zero-order valence-electron chi connectivity index (χ0n) is 11.5. The smallest absolute Gasteiger partial charge is 0.410 e. The van der Waals surface area contributed by atoms with E-state index in [2.05, 4.69) is 17.9 Å². The van der Waals surface area contributed by atoms with Crippen molar-refractivity contribution in [2.24, 2.45) is 0 Å². The Hall–Kier alpha value is -1.34. The molecule has 0 radical (unpaired) electrons. The average molecular weight is 288 g/mol. The maximum Gasteiger partial charge on any atom is 0.410 e. The molecule has 0 aromatic carbocycles. The topological polar surface area (TPSA) is 75.7 Å². The summed E-state index contributed by atoms with van der Waals surface area (Å²) in [6, 6.07) is 0. The van der Waals surface area contributed by atoms with Crippen molar-refractivity contribution in [3.63, 3.8) is 0 Å². The summed E-state index contributed by atoms with van der Waals surface area (Å²) in [5.41, 5.74) is -1.42. The zero-order chi connectivity index (χ0) is 14.9. The van der Waals surface area contributed by atoms with Crippen LogP contribution in [-0.2, 0) is 14.8 Å². The number of nitrogens with zero attached hydrogens (tertiary/aromatic N) is 1. The van der Waals surface area contributed by atoms with Crippen molar-refractivity contribution in [3.05, 3.63) is 24.6 Å². The minimum absolute atomic E-state index is 0.193. The molecule has 1 rings (SSSR count). The Bertz CT molecular complexity index is 484. The summed E-state index contributed by atoms with van der Waals surface area (Å²) in [4.78, 5) is 13.2. The predicted molar refractivity (Wildman–Crippen MR) is 73.0 cm³/mol. The van der Waals surface area contributed by atoms with E-state index in [9.17, 15) is 13.2 Å². The van der Waals surface area contributed by atoms with Crippen molar-refractivity contribution >= 4 is 16.1 Å². The number of amides is 1. The van der Waals surface area contributed by atoms with Gasteiger partial charge < -0.3 is 9.64 Å². The molecule has 0 aromatic heterocycles. The Morgan fingerprint density at radius 2 is 1.89 bits per heavy atom. The molecular weight excluding hydrogens is 268 g/mol. The van der Waals surface area contributed by atoms with Crippen LogP contribution in [0.5, 0.6) is 0 Å². The lowest BCUT2D eigenvalue weighted by molar-refractivity contribution is -0.00256. The molecule has 0 unspecified atom stereocenters. The lowest BCUT2D eigenvalue weighted by atomic mass is 9.92. The molecule has 1 aliphatic heterocycles. The van der Waals surface area contributed by atoms with Crippen LogP contribution in [0.25, 0.3) is 0 Å². The van der Waals surface area contributed by atoms with Gasteiger partial charge in [-0.15, -0.1) is 6.58 Å². The number of likely N-dealkylation sites (tertiary alicyclic amines) is 1. The van der Waals surface area contributed by atoms with Gasteiger partial charge in [0, 0.05) is 18.5 Å². The number of rotatable bonds is 4. The van der Waals surface area contributed by atoms with E-state index in [0.717, 1.165) is 5.41 Å². The van der Waals surface area contributed by atoms with Gasteiger partial charge in [-0.05, 0) is 20.8 Å². The fourth-order valence-electron chi connectivity index (χ4n) is 1.65. The molecule has 108 valence electrons. The SMILES string of the molecule is C=CC1(NS(=O)(=O)C=C)CN(C(=O)OC(C)(C)C)C1. The summed E-state index contributed by atoms with van der Waals surface area (Å²) < 4.78 is 30.6. The van der Waals surface area contributed by atoms with Crippen LogP contribution < -0.4 is 4.72 Å². The van der Waals surface area contributed by atoms with E-state index in [0.29, 0.717) is 0 Å². The predicted octanol–water partition coefficient (Wildman–Crippen LogP) is 1.22. The first-order chi connectivity index (χ1) is 8.52. The van der Waals surface area contributed by atoms with Crippen molar-refractivity contribution in [3.8, 4) is 0 Å². The molecule has 0 aliphatic carbocycles. The van der Waals surface area contributed by atoms with Crippen molar-refractivity contribution < 1.29 is 17.9 Å². The third kappa shape index (κ3) is 4.07. The van der Waals surface area contributed by atoms with Gasteiger partial charge in [0.2, 0.25) is 10.0 Å². The maximum absolute atomic E-state index is 11.8. The normalized spacial score (nSPS) is 18.4. The Morgan fingerprint density at radius 1 is 1.37 bits per heavy atom. The summed E-state index contributed by atoms with van der Waals surface area (Å²) in [6.45, 7) is 12.5. The summed E-state index contributed by atoms with van der Waals surface area (Å²) in [6.07, 6.45) is 1.01. The number of nitrogens with one attached hydrogen (secondary N) is 1. The van der Waals surface area contributed by atoms with Gasteiger partial charge in [-0.3, -0.25) is 0 Å². The van der Waals surface area contributed by atoms with E-state index in [1.807, 2.05) is 0 Å². The van der Waals surface area contributed by atoms with Crippen LogP contribution in [0.4, 0.5) is 4.79 Å². The molecule has 0 bridgehead atoms. The van der Waals surface area contributed by atoms with Crippen LogP contribution in [0, 0.1) is 0 Å². The fourth-order valence-corrected chi connectivity index (χ4v) is 2.51. The Morgan fingerprint density at radius 3 is 2.26 bits per heavy atom. The van der Waals surface area contributed by atoms with Gasteiger partial charge in [0.1, 0.15) is 5.60 Å². The number of carbonyl (C=O) groups is 1. The fraction of sp³-hybridized carbons (Fsp3) is 0.583. The van der Waals surface area contributed by atoms with Crippen LogP contribution in [0.3, 0.4) is 0 Å². The number of hydrogen-bond donors (Lipinski definition) is 1. The third-order valence-corrected chi connectivity index (χ3v) is 3.68. The maximum atomic E-state index is 11.8. The average Bonchev–Trinajstić information content (AvgIpc) is 2.20. The molecule has 1 aliphatic rings. The number of sulfonamides is 1. The first-order valence-corrected chi connectivity index (χ1v) is 7.35. The molecule has 0 atom stereocenters. The largest absolute Gasteiger partial charge is 0.444 e. The van der Waals surface area contributed by atoms with E-state index < -0.39 is 27.3 Å². The zero-order valence-corrected chi connectivity index (χ0v) is 12.3. The van der Waals surface area contributed by atoms with Gasteiger partial charge in [-0.1, -0.05) is 12.7 Å². The van der Waals surface area contributed by atoms with Crippen LogP contribution in [-0.4, -0.2) is 43.6 Å². The summed E-state index contributed by atoms with van der Waals surface area (Å²) in [7, 11) is -3.57. The van der Waals surface area contributed by atoms with Gasteiger partial charge in [0.15, 0.2) is 0 Å². The van der Waals surface area contributed by atoms with Crippen LogP contribution >= 0.6 is 0 Å². The molecule has 1 heterocycles. The van der Waals surface area contributed by atoms with Gasteiger partial charge in [-0.25, -0.2) is 13.2 Å². The van der Waals surface area contributed by atoms with Gasteiger partial charge in [0.25, 0.3) is 0 Å². The van der Waals surface area contributed by atoms with Crippen LogP contribution in [0.15, 0.2) is 24.6 Å². The van der Waals surface area contributed by atoms with Gasteiger partial charge in [0.05, 0.1) is 5.54 Å². The quantitative estimate of drug-likeness (QED) is 0.789. The third-order valence-electron chi connectivity index (χ3n) is 2.55. The standard InChI is InChI=1S/C12H20N2O4S/c1-6-12(13-19(16,17)7-2)8-14(9-12)10(15)18-11(3,4)5/h6-7,13H,1-2,8-9H2,3-5H3. The van der Waals surface area contributed by atoms with Crippen LogP contribution in [0.2, 0.25) is 0 Å². The van der Waals surface area contributed by atoms with E-state index in [1.165, 1.54) is 11.0 Å². The van der Waals surface area contributed by atoms with Gasteiger partial charge in [-0.2, -0.15) is 4.72 Å². The molecule has 0 aromatic rings. The summed E-state index contributed by atoms with van der Waals surface area (Å²) in [5.74, 6) is 0. The molecule has 1 amide bonds. The van der Waals surface area contributed by atoms with Crippen molar-refractivity contribution in [2.75, 3.05) is 13.1 Å². The monoisotopic (exact) mass is 288 g/mol. The molecular formula is C12H20N2O4S. The van der Waals surface area contributed by atoms with Crippen molar-refractivity contribution in [1.82, 2.24) is 9.62 Å². The van der Waals surface area contributed by atoms with E-state index >= 15 is 0 Å². The van der Waals surface area contributed by atoms with Crippen molar-refractivity contribution in [2.45, 2.75) is 31.9 Å². The molecule has 1 N–H and O–H groups in total. The molecule has 1 fully saturated rings. The first kappa shape index (κ1) is 15.7. The number of carbonyl (C=O) groups excluding carboxylic acids is 1. The Labute approximate surface area is 114 Å². The lowest BCUT2D eigenvalue weighted by Crippen LogP contribution is -2.70. The summed E-state index contributed by atoms with van der Waals surface area (Å²) in [5, 5.41) is 0.828. The van der Waals surface area contributed by atoms with Crippen molar-refractivity contribution in [1.29, 1.82) is 0 Å². The highest BCUT2D eigenvalue weighted by molar-refractivity contribution is 7.92. The molecule has 0 spiro atoms. The molecule has 1 saturated heterocycles. The summed E-state index contributed by atoms with van der Waals surface area (Å²) >= 11 is 0. The molecule has 6 nitrogen and oxygen atoms in total. The second-order valence-electron chi connectivity index (χ2n) is 5.51. The molecule has 7 heteroatoms. The second kappa shape index (κ2) is 4.97. The van der Waals surface area contributed by atoms with E-state index in [-0.39, 0.29) is 13.1 Å². The Kier molecular flexibility index (Phi) is 4.11. The lowest BCUT2D eigenvalue weighted by Gasteiger charge is -2.47. The minimum Gasteiger partial charge on any atom is -0.444 e. The number of hydrogen-bond acceptors (Lipinski definition) is 4. The highest BCUT2D eigenvalue weighted by atomic mass is 32.2. The number of ether oxygens (including phenoxy) is 1. The second-order valence-corrected chi connectivity index (χ2v) is 7.14. The minimum atomic E-state index is -3.57. The van der Waals surface area contributed by atoms with Gasteiger partial charge >= 0.3 is 6.09 Å².